The lowest BCUT2D eigenvalue weighted by Crippen LogP contribution is -2.33. The summed E-state index contributed by atoms with van der Waals surface area (Å²) in [5, 5.41) is 9.63. The zero-order valence-corrected chi connectivity index (χ0v) is 10.7. The zero-order valence-electron chi connectivity index (χ0n) is 9.09. The molecule has 1 atom stereocenters. The van der Waals surface area contributed by atoms with E-state index in [2.05, 4.69) is 0 Å². The summed E-state index contributed by atoms with van der Waals surface area (Å²) in [6.45, 7) is 1.60. The first-order valence-corrected chi connectivity index (χ1v) is 6.56. The summed E-state index contributed by atoms with van der Waals surface area (Å²) < 4.78 is 25.0. The summed E-state index contributed by atoms with van der Waals surface area (Å²) in [6.07, 6.45) is -0.702. The minimum atomic E-state index is -3.54. The molecule has 4 nitrogen and oxygen atoms in total. The van der Waals surface area contributed by atoms with Crippen LogP contribution < -0.4 is 0 Å². The molecule has 0 aliphatic carbocycles. The van der Waals surface area contributed by atoms with Gasteiger partial charge in [-0.25, -0.2) is 8.42 Å². The highest BCUT2D eigenvalue weighted by molar-refractivity contribution is 7.89. The molecule has 0 aliphatic rings. The van der Waals surface area contributed by atoms with E-state index in [4.69, 9.17) is 16.7 Å². The first-order chi connectivity index (χ1) is 7.34. The molecule has 0 spiro atoms. The monoisotopic (exact) mass is 263 g/mol. The number of aliphatic hydroxyl groups is 1. The van der Waals surface area contributed by atoms with E-state index in [0.29, 0.717) is 5.02 Å². The van der Waals surface area contributed by atoms with Crippen molar-refractivity contribution in [2.24, 2.45) is 0 Å². The van der Waals surface area contributed by atoms with Crippen molar-refractivity contribution in [2.45, 2.75) is 17.9 Å². The fourth-order valence-corrected chi connectivity index (χ4v) is 2.63. The van der Waals surface area contributed by atoms with Crippen LogP contribution in [0.5, 0.6) is 0 Å². The minimum absolute atomic E-state index is 0.0605. The maximum Gasteiger partial charge on any atom is 0.242 e. The first kappa shape index (κ1) is 13.4. The van der Waals surface area contributed by atoms with E-state index in [1.807, 2.05) is 0 Å². The molecule has 0 amide bonds. The lowest BCUT2D eigenvalue weighted by atomic mass is 10.4. The maximum absolute atomic E-state index is 12.0. The Morgan fingerprint density at radius 3 is 2.31 bits per heavy atom. The van der Waals surface area contributed by atoms with Gasteiger partial charge in [0, 0.05) is 18.6 Å². The van der Waals surface area contributed by atoms with Crippen molar-refractivity contribution < 1.29 is 13.5 Å². The van der Waals surface area contributed by atoms with Gasteiger partial charge in [-0.1, -0.05) is 11.6 Å². The summed E-state index contributed by atoms with van der Waals surface area (Å²) in [4.78, 5) is 0.167. The standard InChI is InChI=1S/C10H14ClNO3S/c1-8(13)7-12(2)16(14,15)10-5-3-9(11)4-6-10/h3-6,8,13H,7H2,1-2H3. The lowest BCUT2D eigenvalue weighted by Gasteiger charge is -2.18. The Bertz CT molecular complexity index is 442. The Morgan fingerprint density at radius 1 is 1.38 bits per heavy atom. The van der Waals surface area contributed by atoms with Gasteiger partial charge in [0.2, 0.25) is 10.0 Å². The van der Waals surface area contributed by atoms with Crippen LogP contribution in [-0.2, 0) is 10.0 Å². The second kappa shape index (κ2) is 5.14. The van der Waals surface area contributed by atoms with Crippen LogP contribution in [0.3, 0.4) is 0 Å². The molecule has 0 aliphatic heterocycles. The van der Waals surface area contributed by atoms with Crippen LogP contribution in [-0.4, -0.2) is 37.5 Å². The highest BCUT2D eigenvalue weighted by Crippen LogP contribution is 2.17. The number of benzene rings is 1. The SMILES string of the molecule is CC(O)CN(C)S(=O)(=O)c1ccc(Cl)cc1. The van der Waals surface area contributed by atoms with Crippen molar-refractivity contribution in [3.8, 4) is 0 Å². The third-order valence-electron chi connectivity index (χ3n) is 2.04. The molecule has 1 unspecified atom stereocenters. The van der Waals surface area contributed by atoms with Crippen molar-refractivity contribution in [1.29, 1.82) is 0 Å². The van der Waals surface area contributed by atoms with Crippen LogP contribution >= 0.6 is 11.6 Å². The molecule has 1 aromatic carbocycles. The Kier molecular flexibility index (Phi) is 4.32. The van der Waals surface area contributed by atoms with Crippen molar-refractivity contribution in [1.82, 2.24) is 4.31 Å². The largest absolute Gasteiger partial charge is 0.392 e. The molecule has 1 rings (SSSR count). The quantitative estimate of drug-likeness (QED) is 0.892. The molecule has 1 N–H and O–H groups in total. The highest BCUT2D eigenvalue weighted by atomic mass is 35.5. The molecule has 16 heavy (non-hydrogen) atoms. The minimum Gasteiger partial charge on any atom is -0.392 e. The first-order valence-electron chi connectivity index (χ1n) is 4.74. The topological polar surface area (TPSA) is 57.6 Å². The van der Waals surface area contributed by atoms with E-state index < -0.39 is 16.1 Å². The van der Waals surface area contributed by atoms with E-state index >= 15 is 0 Å². The van der Waals surface area contributed by atoms with E-state index in [1.54, 1.807) is 0 Å². The Labute approximate surface area is 101 Å². The van der Waals surface area contributed by atoms with Crippen LogP contribution in [0.4, 0.5) is 0 Å². The highest BCUT2D eigenvalue weighted by Gasteiger charge is 2.21. The van der Waals surface area contributed by atoms with Gasteiger partial charge >= 0.3 is 0 Å². The molecule has 0 saturated carbocycles. The van der Waals surface area contributed by atoms with E-state index in [-0.39, 0.29) is 11.4 Å². The van der Waals surface area contributed by atoms with Crippen molar-refractivity contribution >= 4 is 21.6 Å². The van der Waals surface area contributed by atoms with Gasteiger partial charge in [0.15, 0.2) is 0 Å². The number of likely N-dealkylation sites (N-methyl/N-ethyl adjacent to an activating group) is 1. The molecule has 0 radical (unpaired) electrons. The predicted molar refractivity (Wildman–Crippen MR) is 62.9 cm³/mol. The van der Waals surface area contributed by atoms with Gasteiger partial charge in [-0.15, -0.1) is 0 Å². The third-order valence-corrected chi connectivity index (χ3v) is 4.13. The molecule has 1 aromatic rings. The number of aliphatic hydroxyl groups excluding tert-OH is 1. The number of halogens is 1. The maximum atomic E-state index is 12.0. The molecule has 0 bridgehead atoms. The average molecular weight is 264 g/mol. The molecular weight excluding hydrogens is 250 g/mol. The van der Waals surface area contributed by atoms with Gasteiger partial charge in [0.05, 0.1) is 11.0 Å². The van der Waals surface area contributed by atoms with E-state index in [1.165, 1.54) is 38.2 Å². The van der Waals surface area contributed by atoms with Gasteiger partial charge in [0.25, 0.3) is 0 Å². The van der Waals surface area contributed by atoms with Crippen LogP contribution in [0.2, 0.25) is 5.02 Å². The number of nitrogens with zero attached hydrogens (tertiary/aromatic N) is 1. The van der Waals surface area contributed by atoms with Crippen molar-refractivity contribution in [3.05, 3.63) is 29.3 Å². The normalized spacial score (nSPS) is 14.1. The van der Waals surface area contributed by atoms with Crippen LogP contribution in [0, 0.1) is 0 Å². The van der Waals surface area contributed by atoms with E-state index in [0.717, 1.165) is 4.31 Å². The van der Waals surface area contributed by atoms with Crippen LogP contribution in [0.1, 0.15) is 6.92 Å². The predicted octanol–water partition coefficient (Wildman–Crippen LogP) is 1.34. The number of hydrogen-bond donors (Lipinski definition) is 1. The molecule has 0 saturated heterocycles. The van der Waals surface area contributed by atoms with Crippen LogP contribution in [0.15, 0.2) is 29.2 Å². The Hall–Kier alpha value is -0.620. The van der Waals surface area contributed by atoms with Gasteiger partial charge in [-0.2, -0.15) is 4.31 Å². The fraction of sp³-hybridized carbons (Fsp3) is 0.400. The molecular formula is C10H14ClNO3S. The Balaban J connectivity index is 2.97. The second-order valence-electron chi connectivity index (χ2n) is 3.59. The number of rotatable bonds is 4. The summed E-state index contributed by atoms with van der Waals surface area (Å²) in [7, 11) is -2.11. The number of sulfonamides is 1. The fourth-order valence-electron chi connectivity index (χ4n) is 1.26. The molecule has 0 fully saturated rings. The summed E-state index contributed by atoms with van der Waals surface area (Å²) in [5.74, 6) is 0. The average Bonchev–Trinajstić information content (AvgIpc) is 2.17. The lowest BCUT2D eigenvalue weighted by molar-refractivity contribution is 0.171. The smallest absolute Gasteiger partial charge is 0.242 e. The Morgan fingerprint density at radius 2 is 1.88 bits per heavy atom. The van der Waals surface area contributed by atoms with Gasteiger partial charge in [-0.3, -0.25) is 0 Å². The molecule has 0 heterocycles. The molecule has 6 heteroatoms. The number of hydrogen-bond acceptors (Lipinski definition) is 3. The molecule has 0 aromatic heterocycles. The van der Waals surface area contributed by atoms with Crippen molar-refractivity contribution in [3.63, 3.8) is 0 Å². The van der Waals surface area contributed by atoms with Gasteiger partial charge in [0.1, 0.15) is 0 Å². The third kappa shape index (κ3) is 3.18. The zero-order chi connectivity index (χ0) is 12.3. The second-order valence-corrected chi connectivity index (χ2v) is 6.07. The molecule has 90 valence electrons. The van der Waals surface area contributed by atoms with Crippen molar-refractivity contribution in [2.75, 3.05) is 13.6 Å². The van der Waals surface area contributed by atoms with Gasteiger partial charge < -0.3 is 5.11 Å². The van der Waals surface area contributed by atoms with Crippen LogP contribution in [0.25, 0.3) is 0 Å². The summed E-state index contributed by atoms with van der Waals surface area (Å²) >= 11 is 5.68. The summed E-state index contributed by atoms with van der Waals surface area (Å²) in [5.41, 5.74) is 0. The van der Waals surface area contributed by atoms with E-state index in [9.17, 15) is 8.42 Å². The summed E-state index contributed by atoms with van der Waals surface area (Å²) in [6, 6.07) is 5.92. The van der Waals surface area contributed by atoms with Gasteiger partial charge in [-0.05, 0) is 31.2 Å².